The number of piperazine rings is 1. The molecule has 3 aromatic carbocycles. The maximum absolute atomic E-state index is 11.6. The van der Waals surface area contributed by atoms with Crippen LogP contribution in [0, 0.1) is 11.3 Å². The molecule has 2 N–H and O–H groups in total. The van der Waals surface area contributed by atoms with Gasteiger partial charge < -0.3 is 15.1 Å². The van der Waals surface area contributed by atoms with E-state index in [-0.39, 0.29) is 12.5 Å². The number of rotatable bonds is 7. The molecule has 1 fully saturated rings. The van der Waals surface area contributed by atoms with Crippen molar-refractivity contribution in [2.75, 3.05) is 47.2 Å². The van der Waals surface area contributed by atoms with E-state index in [0.717, 1.165) is 50.8 Å². The van der Waals surface area contributed by atoms with Gasteiger partial charge in [-0.05, 0) is 35.9 Å². The number of aromatic nitrogens is 2. The third kappa shape index (κ3) is 5.82. The average Bonchev–Trinajstić information content (AvgIpc) is 2.96. The van der Waals surface area contributed by atoms with Gasteiger partial charge in [-0.15, -0.1) is 0 Å². The number of nitrogens with zero attached hydrogens (tertiary/aromatic N) is 6. The van der Waals surface area contributed by atoms with Gasteiger partial charge in [-0.1, -0.05) is 36.4 Å². The first kappa shape index (κ1) is 26.1. The van der Waals surface area contributed by atoms with Crippen molar-refractivity contribution in [1.82, 2.24) is 14.9 Å². The van der Waals surface area contributed by atoms with Crippen molar-refractivity contribution in [2.45, 2.75) is 6.92 Å². The number of anilines is 4. The fourth-order valence-corrected chi connectivity index (χ4v) is 5.12. The quantitative estimate of drug-likeness (QED) is 0.264. The average molecular weight is 542 g/mol. The smallest absolute Gasteiger partial charge is 0.262 e. The number of amides is 1. The largest absolute Gasteiger partial charge is 0.368 e. The van der Waals surface area contributed by atoms with Gasteiger partial charge in [0.1, 0.15) is 6.54 Å². The van der Waals surface area contributed by atoms with Gasteiger partial charge in [0.25, 0.3) is 11.3 Å². The molecule has 1 saturated heterocycles. The fourth-order valence-electron chi connectivity index (χ4n) is 4.65. The van der Waals surface area contributed by atoms with Gasteiger partial charge in [0.05, 0.1) is 17.3 Å². The zero-order chi connectivity index (χ0) is 27.4. The van der Waals surface area contributed by atoms with Gasteiger partial charge in [0.2, 0.25) is 11.9 Å². The van der Waals surface area contributed by atoms with Crippen LogP contribution in [-0.4, -0.2) is 62.3 Å². The molecule has 0 bridgehead atoms. The molecule has 10 nitrogen and oxygen atoms in total. The highest BCUT2D eigenvalue weighted by atomic mass is 32.2. The van der Waals surface area contributed by atoms with E-state index in [4.69, 9.17) is 10.2 Å². The van der Waals surface area contributed by atoms with Crippen molar-refractivity contribution in [3.8, 4) is 17.2 Å². The third-order valence-corrected chi connectivity index (χ3v) is 7.39. The zero-order valence-corrected chi connectivity index (χ0v) is 22.1. The Morgan fingerprint density at radius 2 is 1.85 bits per heavy atom. The van der Waals surface area contributed by atoms with Crippen molar-refractivity contribution >= 4 is 51.1 Å². The summed E-state index contributed by atoms with van der Waals surface area (Å²) in [6, 6.07) is 22.9. The summed E-state index contributed by atoms with van der Waals surface area (Å²) in [6.07, 6.45) is 1.77. The number of para-hydroxylation sites is 1. The van der Waals surface area contributed by atoms with Gasteiger partial charge in [0, 0.05) is 61.6 Å². The Balaban J connectivity index is 1.38. The molecule has 198 valence electrons. The molecule has 0 spiro atoms. The van der Waals surface area contributed by atoms with E-state index in [9.17, 15) is 13.6 Å². The molecule has 1 aliphatic rings. The van der Waals surface area contributed by atoms with Crippen molar-refractivity contribution in [3.05, 3.63) is 72.9 Å². The molecule has 2 heterocycles. The molecule has 0 radical (unpaired) electrons. The molecule has 5 rings (SSSR count). The highest BCUT2D eigenvalue weighted by Crippen LogP contribution is 2.30. The van der Waals surface area contributed by atoms with Crippen LogP contribution >= 0.6 is 0 Å². The first-order valence-electron chi connectivity index (χ1n) is 12.4. The van der Waals surface area contributed by atoms with Crippen LogP contribution in [0.4, 0.5) is 23.0 Å². The van der Waals surface area contributed by atoms with E-state index >= 15 is 0 Å². The van der Waals surface area contributed by atoms with Gasteiger partial charge in [-0.25, -0.2) is 14.2 Å². The lowest BCUT2D eigenvalue weighted by molar-refractivity contribution is -0.129. The summed E-state index contributed by atoms with van der Waals surface area (Å²) < 4.78 is 22.2. The minimum Gasteiger partial charge on any atom is -0.368 e. The van der Waals surface area contributed by atoms with Crippen molar-refractivity contribution in [2.24, 2.45) is 0 Å². The maximum Gasteiger partial charge on any atom is 0.262 e. The van der Waals surface area contributed by atoms with Crippen LogP contribution in [0.1, 0.15) is 6.92 Å². The van der Waals surface area contributed by atoms with Gasteiger partial charge in [-0.2, -0.15) is 5.26 Å². The van der Waals surface area contributed by atoms with Crippen LogP contribution in [0.3, 0.4) is 0 Å². The molecule has 11 heteroatoms. The third-order valence-electron chi connectivity index (χ3n) is 6.67. The topological polar surface area (TPSA) is 126 Å². The molecule has 1 amide bonds. The van der Waals surface area contributed by atoms with Crippen molar-refractivity contribution < 1.29 is 13.6 Å². The van der Waals surface area contributed by atoms with Crippen LogP contribution in [0.15, 0.2) is 72.9 Å². The highest BCUT2D eigenvalue weighted by Gasteiger charge is 2.19. The van der Waals surface area contributed by atoms with Crippen LogP contribution in [-0.2, 0) is 16.1 Å². The summed E-state index contributed by atoms with van der Waals surface area (Å²) in [6.45, 7) is 4.38. The lowest BCUT2D eigenvalue weighted by Crippen LogP contribution is -2.48. The minimum absolute atomic E-state index is 0.108. The van der Waals surface area contributed by atoms with Gasteiger partial charge in [-0.3, -0.25) is 13.7 Å². The number of fused-ring (bicyclic) bond motifs is 1. The van der Waals surface area contributed by atoms with E-state index in [1.165, 1.54) is 0 Å². The molecule has 1 aromatic heterocycles. The second kappa shape index (κ2) is 11.5. The van der Waals surface area contributed by atoms with Gasteiger partial charge >= 0.3 is 0 Å². The predicted molar refractivity (Wildman–Crippen MR) is 153 cm³/mol. The van der Waals surface area contributed by atoms with Crippen molar-refractivity contribution in [1.29, 1.82) is 5.26 Å². The Morgan fingerprint density at radius 3 is 2.54 bits per heavy atom. The normalized spacial score (nSPS) is 14.1. The summed E-state index contributed by atoms with van der Waals surface area (Å²) in [5.41, 5.74) is 4.93. The van der Waals surface area contributed by atoms with Gasteiger partial charge in [0.15, 0.2) is 0 Å². The molecule has 39 heavy (non-hydrogen) atoms. The molecule has 1 atom stereocenters. The number of hydrogen-bond donors (Lipinski definition) is 2. The maximum atomic E-state index is 11.6. The summed E-state index contributed by atoms with van der Waals surface area (Å²) in [5.74, 6) is 0.567. The summed E-state index contributed by atoms with van der Waals surface area (Å²) in [4.78, 5) is 25.1. The highest BCUT2D eigenvalue weighted by molar-refractivity contribution is 7.80. The Labute approximate surface area is 228 Å². The van der Waals surface area contributed by atoms with Crippen LogP contribution in [0.2, 0.25) is 0 Å². The molecule has 0 saturated carbocycles. The van der Waals surface area contributed by atoms with Crippen molar-refractivity contribution in [3.63, 3.8) is 0 Å². The number of hydrogen-bond acceptors (Lipinski definition) is 7. The molecule has 4 aromatic rings. The number of nitrogens with one attached hydrogen (secondary N) is 1. The minimum atomic E-state index is -2.29. The summed E-state index contributed by atoms with van der Waals surface area (Å²) >= 11 is -2.29. The van der Waals surface area contributed by atoms with E-state index in [0.29, 0.717) is 24.7 Å². The Bertz CT molecular complexity index is 1560. The second-order valence-corrected chi connectivity index (χ2v) is 9.98. The molecule has 1 unspecified atom stereocenters. The van der Waals surface area contributed by atoms with E-state index < -0.39 is 11.3 Å². The zero-order valence-electron chi connectivity index (χ0n) is 21.3. The lowest BCUT2D eigenvalue weighted by atomic mass is 10.0. The van der Waals surface area contributed by atoms with Crippen LogP contribution < -0.4 is 14.5 Å². The Kier molecular flexibility index (Phi) is 7.67. The number of carbonyl (C=O) groups is 1. The second-order valence-electron chi connectivity index (χ2n) is 9.08. The summed E-state index contributed by atoms with van der Waals surface area (Å²) in [7, 11) is 0. The number of nitriles is 1. The SMILES string of the molecule is CC(=O)N1CCN(c2cccc(Nc3ncc4cccc(-c5ccc(N(CC#N)S(=O)O)cc5)c4n3)c2)CC1. The van der Waals surface area contributed by atoms with Crippen LogP contribution in [0.5, 0.6) is 0 Å². The molecule has 0 aliphatic carbocycles. The monoisotopic (exact) mass is 541 g/mol. The Morgan fingerprint density at radius 1 is 1.10 bits per heavy atom. The molecule has 1 aliphatic heterocycles. The van der Waals surface area contributed by atoms with E-state index in [1.807, 2.05) is 53.4 Å². The van der Waals surface area contributed by atoms with Crippen LogP contribution in [0.25, 0.3) is 22.0 Å². The van der Waals surface area contributed by atoms with E-state index in [1.54, 1.807) is 25.3 Å². The van der Waals surface area contributed by atoms with E-state index in [2.05, 4.69) is 27.3 Å². The summed E-state index contributed by atoms with van der Waals surface area (Å²) in [5, 5.41) is 13.2. The fraction of sp³-hybridized carbons (Fsp3) is 0.214. The Hall–Kier alpha value is -4.53. The first-order valence-corrected chi connectivity index (χ1v) is 13.5. The first-order chi connectivity index (χ1) is 18.9. The molecular formula is C28H27N7O3S. The standard InChI is InChI=1S/C28H27N7O3S/c1-20(36)33-14-16-34(17-15-33)25-6-3-5-23(18-25)31-28-30-19-22-4-2-7-26(27(22)32-28)21-8-10-24(11-9-21)35(13-12-29)39(37)38/h2-11,18-19H,13-17H2,1H3,(H,37,38)(H,30,31,32). The predicted octanol–water partition coefficient (Wildman–Crippen LogP) is 4.18. The molecular weight excluding hydrogens is 514 g/mol. The number of carbonyl (C=O) groups excluding carboxylic acids is 1. The number of benzene rings is 3. The lowest BCUT2D eigenvalue weighted by Gasteiger charge is -2.35.